The van der Waals surface area contributed by atoms with Crippen molar-refractivity contribution in [2.24, 2.45) is 0 Å². The minimum atomic E-state index is -0.769. The lowest BCUT2D eigenvalue weighted by molar-refractivity contribution is 0.195. The molecule has 174 valence electrons. The van der Waals surface area contributed by atoms with E-state index in [1.807, 2.05) is 12.3 Å². The van der Waals surface area contributed by atoms with Crippen molar-refractivity contribution in [3.63, 3.8) is 0 Å². The smallest absolute Gasteiger partial charge is 0.319 e. The van der Waals surface area contributed by atoms with Crippen LogP contribution in [0.15, 0.2) is 30.6 Å². The lowest BCUT2D eigenvalue weighted by Gasteiger charge is -2.19. The molecule has 12 heteroatoms. The first-order chi connectivity index (χ1) is 16.4. The fraction of sp³-hybridized carbons (Fsp3) is 0.318. The van der Waals surface area contributed by atoms with Gasteiger partial charge < -0.3 is 20.7 Å². The number of ether oxygens (including phenoxy) is 1. The number of benzene rings is 1. The molecule has 34 heavy (non-hydrogen) atoms. The lowest BCUT2D eigenvalue weighted by Crippen LogP contribution is -2.43. The molecule has 1 fully saturated rings. The van der Waals surface area contributed by atoms with Crippen LogP contribution in [0, 0.1) is 11.3 Å². The Morgan fingerprint density at radius 2 is 2.12 bits per heavy atom. The molecule has 1 aliphatic carbocycles. The number of rotatable bonds is 6. The average Bonchev–Trinajstić information content (AvgIpc) is 3.17. The standard InChI is InChI=1S/C22H20Cl2N8O2/c23-13-8-15(24)18(17(9-13)34-7-6-32-5-1-4-27-32)19-14-10-31(11-16(14)28-20(26)29-19)21(33)30-22(12-25)2-3-22/h1,4-5,8-9H,2-3,6-7,10-11H2,(H,30,33)(H2,26,28,29). The highest BCUT2D eigenvalue weighted by Crippen LogP contribution is 2.42. The molecule has 2 aromatic heterocycles. The molecule has 0 atom stereocenters. The summed E-state index contributed by atoms with van der Waals surface area (Å²) in [6.45, 7) is 1.32. The number of fused-ring (bicyclic) bond motifs is 1. The number of carbonyl (C=O) groups is 1. The van der Waals surface area contributed by atoms with Crippen LogP contribution in [0.1, 0.15) is 24.1 Å². The van der Waals surface area contributed by atoms with Crippen LogP contribution in [0.2, 0.25) is 10.0 Å². The van der Waals surface area contributed by atoms with Gasteiger partial charge in [0.25, 0.3) is 0 Å². The number of nitrogens with one attached hydrogen (secondary N) is 1. The molecule has 3 N–H and O–H groups in total. The number of nitrogens with two attached hydrogens (primary N) is 1. The van der Waals surface area contributed by atoms with E-state index >= 15 is 0 Å². The summed E-state index contributed by atoms with van der Waals surface area (Å²) in [5.41, 5.74) is 7.58. The first kappa shape index (κ1) is 22.3. The number of nitrogen functional groups attached to an aromatic ring is 1. The molecule has 10 nitrogen and oxygen atoms in total. The van der Waals surface area contributed by atoms with Crippen LogP contribution in [0.4, 0.5) is 10.7 Å². The highest BCUT2D eigenvalue weighted by Gasteiger charge is 2.46. The van der Waals surface area contributed by atoms with Crippen molar-refractivity contribution < 1.29 is 9.53 Å². The predicted molar refractivity (Wildman–Crippen MR) is 125 cm³/mol. The van der Waals surface area contributed by atoms with E-state index in [0.717, 1.165) is 0 Å². The predicted octanol–water partition coefficient (Wildman–Crippen LogP) is 3.39. The molecule has 1 aromatic carbocycles. The van der Waals surface area contributed by atoms with Crippen molar-refractivity contribution in [2.75, 3.05) is 12.3 Å². The number of carbonyl (C=O) groups excluding carboxylic acids is 1. The quantitative estimate of drug-likeness (QED) is 0.531. The van der Waals surface area contributed by atoms with Gasteiger partial charge in [-0.2, -0.15) is 10.4 Å². The Labute approximate surface area is 205 Å². The largest absolute Gasteiger partial charge is 0.491 e. The Balaban J connectivity index is 1.45. The minimum Gasteiger partial charge on any atom is -0.491 e. The van der Waals surface area contributed by atoms with E-state index in [0.29, 0.717) is 64.3 Å². The van der Waals surface area contributed by atoms with Gasteiger partial charge in [0.05, 0.1) is 47.7 Å². The number of nitrogens with zero attached hydrogens (tertiary/aromatic N) is 6. The first-order valence-corrected chi connectivity index (χ1v) is 11.4. The third-order valence-corrected chi connectivity index (χ3v) is 6.31. The van der Waals surface area contributed by atoms with Crippen molar-refractivity contribution in [2.45, 2.75) is 38.0 Å². The molecule has 5 rings (SSSR count). The molecule has 0 radical (unpaired) electrons. The van der Waals surface area contributed by atoms with Gasteiger partial charge in [0.2, 0.25) is 5.95 Å². The van der Waals surface area contributed by atoms with Crippen LogP contribution in [0.5, 0.6) is 5.75 Å². The van der Waals surface area contributed by atoms with Crippen LogP contribution in [-0.2, 0) is 19.6 Å². The van der Waals surface area contributed by atoms with Gasteiger partial charge in [-0.15, -0.1) is 0 Å². The molecule has 0 unspecified atom stereocenters. The van der Waals surface area contributed by atoms with Gasteiger partial charge in [0.1, 0.15) is 17.9 Å². The monoisotopic (exact) mass is 498 g/mol. The van der Waals surface area contributed by atoms with Gasteiger partial charge in [-0.05, 0) is 31.0 Å². The molecule has 0 bridgehead atoms. The number of anilines is 1. The SMILES string of the molecule is N#CC1(NC(=O)N2Cc3nc(N)nc(-c4c(Cl)cc(Cl)cc4OCCn4cccn4)c3C2)CC1. The van der Waals surface area contributed by atoms with Gasteiger partial charge in [-0.25, -0.2) is 14.8 Å². The summed E-state index contributed by atoms with van der Waals surface area (Å²) in [5.74, 6) is 0.495. The van der Waals surface area contributed by atoms with E-state index in [1.54, 1.807) is 27.9 Å². The summed E-state index contributed by atoms with van der Waals surface area (Å²) < 4.78 is 7.78. The summed E-state index contributed by atoms with van der Waals surface area (Å²) in [6.07, 6.45) is 4.82. The van der Waals surface area contributed by atoms with E-state index in [2.05, 4.69) is 26.5 Å². The highest BCUT2D eigenvalue weighted by molar-refractivity contribution is 6.37. The normalized spacial score (nSPS) is 15.5. The molecule has 3 aromatic rings. The molecule has 0 saturated heterocycles. The second-order valence-corrected chi connectivity index (χ2v) is 9.06. The van der Waals surface area contributed by atoms with Crippen LogP contribution >= 0.6 is 23.2 Å². The molecular weight excluding hydrogens is 479 g/mol. The first-order valence-electron chi connectivity index (χ1n) is 10.6. The molecule has 2 aliphatic rings. The van der Waals surface area contributed by atoms with Gasteiger partial charge in [-0.1, -0.05) is 23.2 Å². The van der Waals surface area contributed by atoms with E-state index in [-0.39, 0.29) is 25.1 Å². The summed E-state index contributed by atoms with van der Waals surface area (Å²) in [7, 11) is 0. The van der Waals surface area contributed by atoms with Crippen LogP contribution < -0.4 is 15.8 Å². The second-order valence-electron chi connectivity index (χ2n) is 8.21. The highest BCUT2D eigenvalue weighted by atomic mass is 35.5. The Hall–Kier alpha value is -3.55. The number of hydrogen-bond acceptors (Lipinski definition) is 7. The minimum absolute atomic E-state index is 0.0557. The second kappa shape index (κ2) is 8.66. The van der Waals surface area contributed by atoms with Crippen molar-refractivity contribution in [1.29, 1.82) is 5.26 Å². The maximum atomic E-state index is 12.8. The van der Waals surface area contributed by atoms with Gasteiger partial charge >= 0.3 is 6.03 Å². The zero-order valence-corrected chi connectivity index (χ0v) is 19.5. The van der Waals surface area contributed by atoms with Crippen LogP contribution in [0.3, 0.4) is 0 Å². The third kappa shape index (κ3) is 4.32. The summed E-state index contributed by atoms with van der Waals surface area (Å²) in [5, 5.41) is 17.0. The molecular formula is C22H20Cl2N8O2. The van der Waals surface area contributed by atoms with E-state index < -0.39 is 5.54 Å². The number of urea groups is 1. The number of aromatic nitrogens is 4. The summed E-state index contributed by atoms with van der Waals surface area (Å²) >= 11 is 12.9. The molecule has 3 heterocycles. The lowest BCUT2D eigenvalue weighted by atomic mass is 10.0. The molecule has 0 spiro atoms. The number of halogens is 2. The van der Waals surface area contributed by atoms with Crippen molar-refractivity contribution in [1.82, 2.24) is 30.0 Å². The fourth-order valence-electron chi connectivity index (χ4n) is 3.87. The Kier molecular flexibility index (Phi) is 5.67. The fourth-order valence-corrected chi connectivity index (χ4v) is 4.44. The van der Waals surface area contributed by atoms with Gasteiger partial charge in [-0.3, -0.25) is 4.68 Å². The summed E-state index contributed by atoms with van der Waals surface area (Å²) in [6, 6.07) is 6.93. The third-order valence-electron chi connectivity index (χ3n) is 5.79. The van der Waals surface area contributed by atoms with E-state index in [1.165, 1.54) is 0 Å². The van der Waals surface area contributed by atoms with Gasteiger partial charge in [0.15, 0.2) is 0 Å². The Morgan fingerprint density at radius 3 is 2.82 bits per heavy atom. The topological polar surface area (TPSA) is 135 Å². The summed E-state index contributed by atoms with van der Waals surface area (Å²) in [4.78, 5) is 23.2. The zero-order chi connectivity index (χ0) is 23.9. The van der Waals surface area contributed by atoms with Gasteiger partial charge in [0, 0.05) is 23.0 Å². The maximum Gasteiger partial charge on any atom is 0.319 e. The molecule has 1 aliphatic heterocycles. The molecule has 1 saturated carbocycles. The zero-order valence-electron chi connectivity index (χ0n) is 18.0. The Bertz CT molecular complexity index is 1300. The van der Waals surface area contributed by atoms with Crippen molar-refractivity contribution in [3.05, 3.63) is 51.9 Å². The average molecular weight is 499 g/mol. The van der Waals surface area contributed by atoms with Crippen LogP contribution in [0.25, 0.3) is 11.3 Å². The number of hydrogen-bond donors (Lipinski definition) is 2. The van der Waals surface area contributed by atoms with Crippen molar-refractivity contribution >= 4 is 35.2 Å². The van der Waals surface area contributed by atoms with Crippen LogP contribution in [-0.4, -0.2) is 42.8 Å². The maximum absolute atomic E-state index is 12.8. The van der Waals surface area contributed by atoms with E-state index in [4.69, 9.17) is 33.7 Å². The number of nitriles is 1. The Morgan fingerprint density at radius 1 is 1.29 bits per heavy atom. The van der Waals surface area contributed by atoms with Crippen molar-refractivity contribution in [3.8, 4) is 23.1 Å². The number of amides is 2. The molecule has 2 amide bonds. The van der Waals surface area contributed by atoms with E-state index in [9.17, 15) is 10.1 Å².